The molecule has 6 heteroatoms. The molecule has 0 heterocycles. The molecule has 0 aliphatic heterocycles. The Hall–Kier alpha value is -0.810. The van der Waals surface area contributed by atoms with Crippen LogP contribution in [0.5, 0.6) is 0 Å². The molecule has 0 saturated heterocycles. The van der Waals surface area contributed by atoms with Crippen molar-refractivity contribution in [3.8, 4) is 0 Å². The Balaban J connectivity index is 4.46. The Morgan fingerprint density at radius 1 is 1.33 bits per heavy atom. The normalized spacial score (nSPS) is 15.8. The summed E-state index contributed by atoms with van der Waals surface area (Å²) in [5, 5.41) is 10.2. The van der Waals surface area contributed by atoms with Gasteiger partial charge in [-0.1, -0.05) is 12.1 Å². The highest BCUT2D eigenvalue weighted by Crippen LogP contribution is 2.19. The molecule has 0 saturated carbocycles. The number of hydrogen-bond acceptors (Lipinski definition) is 2. The van der Waals surface area contributed by atoms with E-state index in [1.165, 1.54) is 6.92 Å². The lowest BCUT2D eigenvalue weighted by atomic mass is 10.0. The number of oxime groups is 1. The van der Waals surface area contributed by atoms with E-state index >= 15 is 0 Å². The first kappa shape index (κ1) is 11.2. The predicted octanol–water partition coefficient (Wildman–Crippen LogP) is 2.37. The number of nitrogens with zero attached hydrogens (tertiary/aromatic N) is 1. The van der Waals surface area contributed by atoms with Gasteiger partial charge in [0.15, 0.2) is 0 Å². The van der Waals surface area contributed by atoms with Gasteiger partial charge in [-0.05, 0) is 6.42 Å². The Bertz CT molecular complexity index is 160. The molecule has 72 valence electrons. The number of alkyl halides is 4. The Labute approximate surface area is 66.9 Å². The maximum absolute atomic E-state index is 12.0. The quantitative estimate of drug-likeness (QED) is 0.311. The van der Waals surface area contributed by atoms with Gasteiger partial charge < -0.3 is 5.21 Å². The fraction of sp³-hybridized carbons (Fsp3) is 0.833. The van der Waals surface area contributed by atoms with Crippen LogP contribution in [0.15, 0.2) is 5.16 Å². The first-order chi connectivity index (χ1) is 5.54. The van der Waals surface area contributed by atoms with Gasteiger partial charge in [0.25, 0.3) is 6.43 Å². The molecule has 0 fully saturated rings. The monoisotopic (exact) mass is 187 g/mol. The largest absolute Gasteiger partial charge is 0.411 e. The molecular formula is C6H9F4NO. The molecule has 0 aromatic carbocycles. The molecule has 1 N–H and O–H groups in total. The summed E-state index contributed by atoms with van der Waals surface area (Å²) in [7, 11) is 0. The maximum atomic E-state index is 12.0. The third kappa shape index (κ3) is 2.67. The van der Waals surface area contributed by atoms with Gasteiger partial charge in [0.2, 0.25) is 6.43 Å². The van der Waals surface area contributed by atoms with E-state index in [-0.39, 0.29) is 6.42 Å². The van der Waals surface area contributed by atoms with Crippen molar-refractivity contribution in [3.63, 3.8) is 0 Å². The summed E-state index contributed by atoms with van der Waals surface area (Å²) in [6, 6.07) is 0. The molecule has 0 radical (unpaired) electrons. The van der Waals surface area contributed by atoms with E-state index in [0.717, 1.165) is 0 Å². The molecule has 0 aliphatic rings. The Morgan fingerprint density at radius 2 is 1.83 bits per heavy atom. The minimum absolute atomic E-state index is 0.179. The zero-order valence-electron chi connectivity index (χ0n) is 6.35. The molecule has 0 aromatic rings. The van der Waals surface area contributed by atoms with Crippen LogP contribution >= 0.6 is 0 Å². The highest BCUT2D eigenvalue weighted by atomic mass is 19.3. The molecule has 1 atom stereocenters. The lowest BCUT2D eigenvalue weighted by molar-refractivity contribution is 0.0934. The van der Waals surface area contributed by atoms with Crippen LogP contribution in [-0.2, 0) is 0 Å². The van der Waals surface area contributed by atoms with E-state index < -0.39 is 24.5 Å². The third-order valence-electron chi connectivity index (χ3n) is 1.46. The molecular weight excluding hydrogens is 178 g/mol. The summed E-state index contributed by atoms with van der Waals surface area (Å²) in [5.41, 5.74) is -1.15. The molecule has 2 nitrogen and oxygen atoms in total. The van der Waals surface area contributed by atoms with Gasteiger partial charge >= 0.3 is 0 Å². The van der Waals surface area contributed by atoms with Crippen LogP contribution < -0.4 is 0 Å². The van der Waals surface area contributed by atoms with Crippen LogP contribution in [-0.4, -0.2) is 23.8 Å². The smallest absolute Gasteiger partial charge is 0.280 e. The first-order valence-electron chi connectivity index (χ1n) is 3.32. The van der Waals surface area contributed by atoms with Gasteiger partial charge in [0, 0.05) is 0 Å². The van der Waals surface area contributed by atoms with Crippen molar-refractivity contribution in [1.82, 2.24) is 0 Å². The van der Waals surface area contributed by atoms with Gasteiger partial charge in [-0.25, -0.2) is 17.6 Å². The summed E-state index contributed by atoms with van der Waals surface area (Å²) in [4.78, 5) is 0. The van der Waals surface area contributed by atoms with Crippen LogP contribution in [0, 0.1) is 5.92 Å². The van der Waals surface area contributed by atoms with E-state index in [0.29, 0.717) is 0 Å². The second-order valence-corrected chi connectivity index (χ2v) is 2.17. The summed E-state index contributed by atoms with van der Waals surface area (Å²) < 4.78 is 47.7. The van der Waals surface area contributed by atoms with Crippen LogP contribution in [0.3, 0.4) is 0 Å². The zero-order chi connectivity index (χ0) is 9.72. The molecule has 0 spiro atoms. The first-order valence-corrected chi connectivity index (χ1v) is 3.32. The van der Waals surface area contributed by atoms with E-state index in [9.17, 15) is 17.6 Å². The van der Waals surface area contributed by atoms with Crippen LogP contribution in [0.25, 0.3) is 0 Å². The van der Waals surface area contributed by atoms with Crippen LogP contribution in [0.1, 0.15) is 13.3 Å². The third-order valence-corrected chi connectivity index (χ3v) is 1.46. The lowest BCUT2D eigenvalue weighted by Gasteiger charge is -2.13. The Kier molecular flexibility index (Phi) is 4.61. The van der Waals surface area contributed by atoms with Crippen molar-refractivity contribution in [2.75, 3.05) is 0 Å². The highest BCUT2D eigenvalue weighted by molar-refractivity contribution is 5.89. The minimum Gasteiger partial charge on any atom is -0.411 e. The van der Waals surface area contributed by atoms with Crippen molar-refractivity contribution in [2.24, 2.45) is 11.1 Å². The summed E-state index contributed by atoms with van der Waals surface area (Å²) in [6.07, 6.45) is -6.23. The summed E-state index contributed by atoms with van der Waals surface area (Å²) in [5.74, 6) is -1.66. The zero-order valence-corrected chi connectivity index (χ0v) is 6.35. The summed E-state index contributed by atoms with van der Waals surface area (Å²) in [6.45, 7) is 1.32. The fourth-order valence-corrected chi connectivity index (χ4v) is 0.796. The van der Waals surface area contributed by atoms with Crippen molar-refractivity contribution >= 4 is 5.71 Å². The second-order valence-electron chi connectivity index (χ2n) is 2.17. The molecule has 12 heavy (non-hydrogen) atoms. The van der Waals surface area contributed by atoms with Crippen molar-refractivity contribution < 1.29 is 22.8 Å². The molecule has 0 amide bonds. The average Bonchev–Trinajstić information content (AvgIpc) is 1.98. The van der Waals surface area contributed by atoms with E-state index in [1.807, 2.05) is 0 Å². The topological polar surface area (TPSA) is 32.6 Å². The van der Waals surface area contributed by atoms with Gasteiger partial charge in [-0.2, -0.15) is 0 Å². The average molecular weight is 187 g/mol. The highest BCUT2D eigenvalue weighted by Gasteiger charge is 2.30. The molecule has 0 aliphatic carbocycles. The van der Waals surface area contributed by atoms with Crippen LogP contribution in [0.2, 0.25) is 0 Å². The molecule has 0 aromatic heterocycles. The number of rotatable bonds is 4. The molecule has 0 bridgehead atoms. The Morgan fingerprint density at radius 3 is 1.92 bits per heavy atom. The lowest BCUT2D eigenvalue weighted by Crippen LogP contribution is -2.27. The van der Waals surface area contributed by atoms with Crippen molar-refractivity contribution in [1.29, 1.82) is 0 Å². The predicted molar refractivity (Wildman–Crippen MR) is 35.0 cm³/mol. The van der Waals surface area contributed by atoms with Gasteiger partial charge in [-0.15, -0.1) is 0 Å². The second kappa shape index (κ2) is 4.95. The standard InChI is InChI=1S/C6H9F4NO/c1-2-3(5(7)8)4(11-12)6(9)10/h3,5-6,12H,2H2,1H3. The minimum atomic E-state index is -3.13. The van der Waals surface area contributed by atoms with Gasteiger partial charge in [0.05, 0.1) is 5.92 Å². The molecule has 0 rings (SSSR count). The van der Waals surface area contributed by atoms with Crippen LogP contribution in [0.4, 0.5) is 17.6 Å². The van der Waals surface area contributed by atoms with E-state index in [1.54, 1.807) is 0 Å². The molecule has 1 unspecified atom stereocenters. The fourth-order valence-electron chi connectivity index (χ4n) is 0.796. The van der Waals surface area contributed by atoms with E-state index in [2.05, 4.69) is 5.16 Å². The van der Waals surface area contributed by atoms with E-state index in [4.69, 9.17) is 5.21 Å². The number of halogens is 4. The number of hydrogen-bond donors (Lipinski definition) is 1. The SMILES string of the molecule is CCC(C(=NO)C(F)F)C(F)F. The van der Waals surface area contributed by atoms with Crippen molar-refractivity contribution in [2.45, 2.75) is 26.2 Å². The van der Waals surface area contributed by atoms with Crippen molar-refractivity contribution in [3.05, 3.63) is 0 Å². The van der Waals surface area contributed by atoms with Gasteiger partial charge in [-0.3, -0.25) is 0 Å². The summed E-state index contributed by atoms with van der Waals surface area (Å²) >= 11 is 0. The van der Waals surface area contributed by atoms with Gasteiger partial charge in [0.1, 0.15) is 5.71 Å². The maximum Gasteiger partial charge on any atom is 0.280 e.